The van der Waals surface area contributed by atoms with Crippen molar-refractivity contribution in [1.29, 1.82) is 0 Å². The average molecular weight is 420 g/mol. The molecule has 1 saturated carbocycles. The lowest BCUT2D eigenvalue weighted by molar-refractivity contribution is 0.0784. The predicted molar refractivity (Wildman–Crippen MR) is 124 cm³/mol. The summed E-state index contributed by atoms with van der Waals surface area (Å²) < 4.78 is 17.4. The number of piperidine rings is 1. The maximum atomic E-state index is 15.6. The first-order valence-electron chi connectivity index (χ1n) is 11.1. The summed E-state index contributed by atoms with van der Waals surface area (Å²) in [4.78, 5) is 6.89. The molecule has 0 bridgehead atoms. The SMILES string of the molecule is C=C(Nc1cc2cc(-c3cnn(C)c3)ccc2cn1)C1(F)CCN(CC2(C)CC2)CC1. The van der Waals surface area contributed by atoms with Crippen molar-refractivity contribution in [3.8, 4) is 11.1 Å². The lowest BCUT2D eigenvalue weighted by Gasteiger charge is -2.38. The van der Waals surface area contributed by atoms with Crippen LogP contribution in [-0.2, 0) is 7.05 Å². The van der Waals surface area contributed by atoms with Crippen molar-refractivity contribution < 1.29 is 4.39 Å². The molecule has 162 valence electrons. The molecule has 0 amide bonds. The molecule has 1 saturated heterocycles. The van der Waals surface area contributed by atoms with Crippen molar-refractivity contribution in [3.63, 3.8) is 0 Å². The maximum Gasteiger partial charge on any atom is 0.152 e. The van der Waals surface area contributed by atoms with Crippen LogP contribution in [0.15, 0.2) is 55.1 Å². The molecule has 6 heteroatoms. The second-order valence-electron chi connectivity index (χ2n) is 9.69. The second kappa shape index (κ2) is 7.45. The molecule has 0 unspecified atom stereocenters. The van der Waals surface area contributed by atoms with Crippen LogP contribution in [0.5, 0.6) is 0 Å². The van der Waals surface area contributed by atoms with Gasteiger partial charge in [0.2, 0.25) is 0 Å². The Kier molecular flexibility index (Phi) is 4.85. The number of pyridine rings is 1. The van der Waals surface area contributed by atoms with Crippen LogP contribution in [0.2, 0.25) is 0 Å². The molecule has 31 heavy (non-hydrogen) atoms. The number of rotatable bonds is 6. The molecule has 5 nitrogen and oxygen atoms in total. The number of halogens is 1. The van der Waals surface area contributed by atoms with Crippen molar-refractivity contribution in [3.05, 3.63) is 55.1 Å². The quantitative estimate of drug-likeness (QED) is 0.599. The van der Waals surface area contributed by atoms with E-state index < -0.39 is 5.67 Å². The average Bonchev–Trinajstić information content (AvgIpc) is 3.32. The minimum absolute atomic E-state index is 0.417. The number of anilines is 1. The van der Waals surface area contributed by atoms with Gasteiger partial charge in [-0.2, -0.15) is 5.10 Å². The zero-order chi connectivity index (χ0) is 21.6. The zero-order valence-electron chi connectivity index (χ0n) is 18.4. The molecule has 5 rings (SSSR count). The van der Waals surface area contributed by atoms with E-state index in [-0.39, 0.29) is 0 Å². The number of nitrogens with one attached hydrogen (secondary N) is 1. The van der Waals surface area contributed by atoms with Crippen LogP contribution < -0.4 is 5.32 Å². The van der Waals surface area contributed by atoms with Crippen molar-refractivity contribution in [2.45, 2.75) is 38.3 Å². The van der Waals surface area contributed by atoms with Crippen molar-refractivity contribution in [2.24, 2.45) is 12.5 Å². The third-order valence-electron chi connectivity index (χ3n) is 6.94. The van der Waals surface area contributed by atoms with Crippen molar-refractivity contribution in [2.75, 3.05) is 25.0 Å². The molecule has 3 aromatic rings. The first kappa shape index (κ1) is 20.2. The summed E-state index contributed by atoms with van der Waals surface area (Å²) in [7, 11) is 1.91. The van der Waals surface area contributed by atoms with E-state index in [0.717, 1.165) is 41.5 Å². The van der Waals surface area contributed by atoms with E-state index in [1.807, 2.05) is 31.7 Å². The van der Waals surface area contributed by atoms with Gasteiger partial charge in [0.05, 0.1) is 6.20 Å². The standard InChI is InChI=1S/C25H30FN5/c1-18(25(26)8-10-31(11-9-25)17-24(2)6-7-24)29-23-13-21-12-19(4-5-20(21)14-27-23)22-15-28-30(3)16-22/h4-5,12-16H,1,6-11,17H2,2-3H3,(H,27,29). The lowest BCUT2D eigenvalue weighted by atomic mass is 9.89. The highest BCUT2D eigenvalue weighted by Gasteiger charge is 2.42. The molecule has 3 heterocycles. The van der Waals surface area contributed by atoms with Crippen LogP contribution in [0.25, 0.3) is 21.9 Å². The van der Waals surface area contributed by atoms with Crippen LogP contribution >= 0.6 is 0 Å². The van der Waals surface area contributed by atoms with Gasteiger partial charge >= 0.3 is 0 Å². The Labute approximate surface area is 183 Å². The van der Waals surface area contributed by atoms with Gasteiger partial charge in [0.15, 0.2) is 5.67 Å². The minimum atomic E-state index is -1.39. The summed E-state index contributed by atoms with van der Waals surface area (Å²) in [6, 6.07) is 8.20. The molecular weight excluding hydrogens is 389 g/mol. The van der Waals surface area contributed by atoms with E-state index in [0.29, 0.717) is 29.8 Å². The van der Waals surface area contributed by atoms with E-state index in [1.54, 1.807) is 4.68 Å². The smallest absolute Gasteiger partial charge is 0.152 e. The molecule has 2 aliphatic rings. The Morgan fingerprint density at radius 3 is 2.55 bits per heavy atom. The molecule has 2 fully saturated rings. The first-order chi connectivity index (χ1) is 14.8. The van der Waals surface area contributed by atoms with Gasteiger partial charge in [-0.05, 0) is 54.2 Å². The van der Waals surface area contributed by atoms with Crippen LogP contribution in [0.1, 0.15) is 32.6 Å². The van der Waals surface area contributed by atoms with Crippen LogP contribution in [0.3, 0.4) is 0 Å². The summed E-state index contributed by atoms with van der Waals surface area (Å²) >= 11 is 0. The third-order valence-corrected chi connectivity index (χ3v) is 6.94. The Morgan fingerprint density at radius 1 is 1.10 bits per heavy atom. The number of likely N-dealkylation sites (tertiary alicyclic amines) is 1. The Bertz CT molecular complexity index is 1120. The summed E-state index contributed by atoms with van der Waals surface area (Å²) in [6.07, 6.45) is 9.23. The molecule has 1 aromatic carbocycles. The van der Waals surface area contributed by atoms with E-state index in [4.69, 9.17) is 0 Å². The zero-order valence-corrected chi connectivity index (χ0v) is 18.4. The second-order valence-corrected chi connectivity index (χ2v) is 9.69. The molecule has 2 aromatic heterocycles. The summed E-state index contributed by atoms with van der Waals surface area (Å²) in [5.41, 5.74) is 1.65. The molecular formula is C25H30FN5. The normalized spacial score (nSPS) is 20.0. The van der Waals surface area contributed by atoms with Crippen LogP contribution in [0.4, 0.5) is 10.2 Å². The number of aryl methyl sites for hydroxylation is 1. The van der Waals surface area contributed by atoms with E-state index in [2.05, 4.69) is 52.0 Å². The minimum Gasteiger partial charge on any atom is -0.341 e. The first-order valence-corrected chi connectivity index (χ1v) is 11.1. The summed E-state index contributed by atoms with van der Waals surface area (Å²) in [5.74, 6) is 0.630. The molecule has 0 atom stereocenters. The van der Waals surface area contributed by atoms with Gasteiger partial charge in [0, 0.05) is 55.7 Å². The third kappa shape index (κ3) is 4.22. The fraction of sp³-hybridized carbons (Fsp3) is 0.440. The number of fused-ring (bicyclic) bond motifs is 1. The number of hydrogen-bond acceptors (Lipinski definition) is 4. The fourth-order valence-electron chi connectivity index (χ4n) is 4.50. The van der Waals surface area contributed by atoms with Gasteiger partial charge in [0.25, 0.3) is 0 Å². The van der Waals surface area contributed by atoms with Gasteiger partial charge < -0.3 is 10.2 Å². The highest BCUT2D eigenvalue weighted by molar-refractivity contribution is 5.88. The van der Waals surface area contributed by atoms with Gasteiger partial charge in [-0.1, -0.05) is 25.6 Å². The Hall–Kier alpha value is -2.73. The van der Waals surface area contributed by atoms with Gasteiger partial charge in [-0.15, -0.1) is 0 Å². The largest absolute Gasteiger partial charge is 0.341 e. The number of nitrogens with zero attached hydrogens (tertiary/aromatic N) is 4. The topological polar surface area (TPSA) is 46.0 Å². The summed E-state index contributed by atoms with van der Waals surface area (Å²) in [6.45, 7) is 9.04. The number of benzene rings is 1. The van der Waals surface area contributed by atoms with Gasteiger partial charge in [-0.25, -0.2) is 9.37 Å². The monoisotopic (exact) mass is 419 g/mol. The number of allylic oxidation sites excluding steroid dienone is 1. The number of hydrogen-bond donors (Lipinski definition) is 1. The van der Waals surface area contributed by atoms with E-state index >= 15 is 4.39 Å². The molecule has 0 spiro atoms. The highest BCUT2D eigenvalue weighted by Crippen LogP contribution is 2.46. The number of alkyl halides is 1. The number of aromatic nitrogens is 3. The maximum absolute atomic E-state index is 15.6. The fourth-order valence-corrected chi connectivity index (χ4v) is 4.50. The Balaban J connectivity index is 1.28. The summed E-state index contributed by atoms with van der Waals surface area (Å²) in [5, 5.41) is 9.51. The predicted octanol–water partition coefficient (Wildman–Crippen LogP) is 5.17. The van der Waals surface area contributed by atoms with Crippen molar-refractivity contribution in [1.82, 2.24) is 19.7 Å². The van der Waals surface area contributed by atoms with Crippen molar-refractivity contribution >= 4 is 16.6 Å². The molecule has 1 aliphatic heterocycles. The molecule has 1 aliphatic carbocycles. The molecule has 1 N–H and O–H groups in total. The van der Waals surface area contributed by atoms with Crippen LogP contribution in [-0.4, -0.2) is 45.0 Å². The lowest BCUT2D eigenvalue weighted by Crippen LogP contribution is -2.45. The van der Waals surface area contributed by atoms with Crippen LogP contribution in [0, 0.1) is 5.41 Å². The van der Waals surface area contributed by atoms with Gasteiger partial charge in [0.1, 0.15) is 5.82 Å². The highest BCUT2D eigenvalue weighted by atomic mass is 19.1. The van der Waals surface area contributed by atoms with E-state index in [9.17, 15) is 0 Å². The molecule has 0 radical (unpaired) electrons. The Morgan fingerprint density at radius 2 is 1.87 bits per heavy atom. The van der Waals surface area contributed by atoms with Gasteiger partial charge in [-0.3, -0.25) is 4.68 Å². The van der Waals surface area contributed by atoms with E-state index in [1.165, 1.54) is 12.8 Å².